The molecule has 0 aliphatic carbocycles. The Labute approximate surface area is 168 Å². The van der Waals surface area contributed by atoms with Gasteiger partial charge in [0.2, 0.25) is 0 Å². The zero-order valence-electron chi connectivity index (χ0n) is 17.0. The molecule has 2 aromatic rings. The molecule has 2 rings (SSSR count). The standard InChI is InChI=1S/C22H30N4S/c1-6-7-12-26(5)20-10-8-19(9-11-20)15-23-25-22(27)24-21-17(3)13-16(2)14-18(21)4/h8-11,13-15H,6-7,12H2,1-5H3,(H2,24,25,27). The van der Waals surface area contributed by atoms with E-state index in [1.807, 2.05) is 0 Å². The second-order valence-corrected chi connectivity index (χ2v) is 7.37. The van der Waals surface area contributed by atoms with Crippen molar-refractivity contribution in [1.29, 1.82) is 0 Å². The Hall–Kier alpha value is -2.40. The van der Waals surface area contributed by atoms with Crippen LogP contribution in [0.3, 0.4) is 0 Å². The van der Waals surface area contributed by atoms with Gasteiger partial charge >= 0.3 is 0 Å². The van der Waals surface area contributed by atoms with E-state index in [0.29, 0.717) is 5.11 Å². The molecule has 0 aliphatic rings. The number of nitrogens with zero attached hydrogens (tertiary/aromatic N) is 2. The summed E-state index contributed by atoms with van der Waals surface area (Å²) in [5.41, 5.74) is 9.76. The molecule has 0 heterocycles. The molecule has 0 saturated heterocycles. The summed E-state index contributed by atoms with van der Waals surface area (Å²) in [6.07, 6.45) is 4.18. The molecule has 0 radical (unpaired) electrons. The van der Waals surface area contributed by atoms with Crippen LogP contribution in [-0.2, 0) is 0 Å². The smallest absolute Gasteiger partial charge is 0.191 e. The van der Waals surface area contributed by atoms with E-state index in [0.717, 1.165) is 17.8 Å². The molecule has 0 spiro atoms. The number of benzene rings is 2. The largest absolute Gasteiger partial charge is 0.375 e. The van der Waals surface area contributed by atoms with E-state index in [2.05, 4.69) is 91.9 Å². The zero-order chi connectivity index (χ0) is 19.8. The molecule has 0 unspecified atom stereocenters. The summed E-state index contributed by atoms with van der Waals surface area (Å²) in [6.45, 7) is 9.53. The van der Waals surface area contributed by atoms with Crippen molar-refractivity contribution in [2.24, 2.45) is 5.10 Å². The second-order valence-electron chi connectivity index (χ2n) is 6.96. The van der Waals surface area contributed by atoms with E-state index < -0.39 is 0 Å². The highest BCUT2D eigenvalue weighted by atomic mass is 32.1. The van der Waals surface area contributed by atoms with Crippen LogP contribution in [-0.4, -0.2) is 24.9 Å². The maximum absolute atomic E-state index is 5.36. The third kappa shape index (κ3) is 6.36. The Kier molecular flexibility index (Phi) is 7.80. The molecule has 5 heteroatoms. The molecule has 0 bridgehead atoms. The summed E-state index contributed by atoms with van der Waals surface area (Å²) >= 11 is 5.36. The van der Waals surface area contributed by atoms with Gasteiger partial charge in [0, 0.05) is 25.0 Å². The Balaban J connectivity index is 1.90. The van der Waals surface area contributed by atoms with Crippen molar-refractivity contribution in [3.63, 3.8) is 0 Å². The van der Waals surface area contributed by atoms with Gasteiger partial charge in [-0.3, -0.25) is 5.43 Å². The number of unbranched alkanes of at least 4 members (excludes halogenated alkanes) is 1. The molecule has 27 heavy (non-hydrogen) atoms. The van der Waals surface area contributed by atoms with Gasteiger partial charge in [-0.05, 0) is 68.2 Å². The van der Waals surface area contributed by atoms with Crippen molar-refractivity contribution in [3.8, 4) is 0 Å². The molecule has 4 nitrogen and oxygen atoms in total. The van der Waals surface area contributed by atoms with Crippen molar-refractivity contribution in [3.05, 3.63) is 58.7 Å². The maximum atomic E-state index is 5.36. The van der Waals surface area contributed by atoms with Crippen LogP contribution in [0.5, 0.6) is 0 Å². The van der Waals surface area contributed by atoms with Crippen molar-refractivity contribution in [2.45, 2.75) is 40.5 Å². The van der Waals surface area contributed by atoms with Crippen LogP contribution in [0.2, 0.25) is 0 Å². The lowest BCUT2D eigenvalue weighted by Gasteiger charge is -2.18. The van der Waals surface area contributed by atoms with Crippen LogP contribution in [0, 0.1) is 20.8 Å². The highest BCUT2D eigenvalue weighted by Gasteiger charge is 2.05. The van der Waals surface area contributed by atoms with Gasteiger partial charge in [-0.1, -0.05) is 43.2 Å². The summed E-state index contributed by atoms with van der Waals surface area (Å²) in [5, 5.41) is 7.97. The number of nitrogens with one attached hydrogen (secondary N) is 2. The molecule has 0 atom stereocenters. The van der Waals surface area contributed by atoms with Crippen molar-refractivity contribution < 1.29 is 0 Å². The van der Waals surface area contributed by atoms with Crippen LogP contribution in [0.25, 0.3) is 0 Å². The highest BCUT2D eigenvalue weighted by Crippen LogP contribution is 2.21. The number of hydrazone groups is 1. The van der Waals surface area contributed by atoms with E-state index >= 15 is 0 Å². The summed E-state index contributed by atoms with van der Waals surface area (Å²) in [7, 11) is 2.12. The first kappa shape index (κ1) is 20.9. The van der Waals surface area contributed by atoms with Gasteiger partial charge in [0.15, 0.2) is 5.11 Å². The molecule has 0 aliphatic heterocycles. The minimum Gasteiger partial charge on any atom is -0.375 e. The third-order valence-corrected chi connectivity index (χ3v) is 4.67. The number of hydrogen-bond donors (Lipinski definition) is 2. The molecule has 2 aromatic carbocycles. The van der Waals surface area contributed by atoms with E-state index in [-0.39, 0.29) is 0 Å². The first-order valence-corrected chi connectivity index (χ1v) is 9.80. The van der Waals surface area contributed by atoms with E-state index in [9.17, 15) is 0 Å². The van der Waals surface area contributed by atoms with Gasteiger partial charge in [-0.15, -0.1) is 0 Å². The number of thiocarbonyl (C=S) groups is 1. The van der Waals surface area contributed by atoms with Crippen molar-refractivity contribution >= 4 is 34.9 Å². The molecule has 0 saturated carbocycles. The molecular weight excluding hydrogens is 352 g/mol. The first-order valence-electron chi connectivity index (χ1n) is 9.39. The van der Waals surface area contributed by atoms with Gasteiger partial charge < -0.3 is 10.2 Å². The average molecular weight is 383 g/mol. The summed E-state index contributed by atoms with van der Waals surface area (Å²) in [4.78, 5) is 2.27. The van der Waals surface area contributed by atoms with E-state index in [1.165, 1.54) is 35.2 Å². The third-order valence-electron chi connectivity index (χ3n) is 4.48. The second kappa shape index (κ2) is 10.1. The van der Waals surface area contributed by atoms with Gasteiger partial charge in [0.1, 0.15) is 0 Å². The maximum Gasteiger partial charge on any atom is 0.191 e. The normalized spacial score (nSPS) is 10.9. The van der Waals surface area contributed by atoms with Gasteiger partial charge in [0.25, 0.3) is 0 Å². The molecule has 144 valence electrons. The van der Waals surface area contributed by atoms with E-state index in [4.69, 9.17) is 12.2 Å². The highest BCUT2D eigenvalue weighted by molar-refractivity contribution is 7.80. The predicted molar refractivity (Wildman–Crippen MR) is 122 cm³/mol. The molecular formula is C22H30N4S. The fourth-order valence-electron chi connectivity index (χ4n) is 3.02. The lowest BCUT2D eigenvalue weighted by Crippen LogP contribution is -2.24. The van der Waals surface area contributed by atoms with Gasteiger partial charge in [-0.25, -0.2) is 0 Å². The number of hydrogen-bond acceptors (Lipinski definition) is 3. The quantitative estimate of drug-likeness (QED) is 0.394. The average Bonchev–Trinajstić information content (AvgIpc) is 2.63. The lowest BCUT2D eigenvalue weighted by molar-refractivity contribution is 0.767. The van der Waals surface area contributed by atoms with Crippen LogP contribution < -0.4 is 15.6 Å². The fraction of sp³-hybridized carbons (Fsp3) is 0.364. The molecule has 0 amide bonds. The van der Waals surface area contributed by atoms with Crippen LogP contribution in [0.15, 0.2) is 41.5 Å². The number of aryl methyl sites for hydroxylation is 3. The number of rotatable bonds is 7. The summed E-state index contributed by atoms with van der Waals surface area (Å²) in [6, 6.07) is 12.6. The summed E-state index contributed by atoms with van der Waals surface area (Å²) < 4.78 is 0. The molecule has 0 fully saturated rings. The van der Waals surface area contributed by atoms with Crippen molar-refractivity contribution in [1.82, 2.24) is 5.43 Å². The van der Waals surface area contributed by atoms with E-state index in [1.54, 1.807) is 6.21 Å². The lowest BCUT2D eigenvalue weighted by atomic mass is 10.1. The molecule has 2 N–H and O–H groups in total. The van der Waals surface area contributed by atoms with Crippen LogP contribution >= 0.6 is 12.2 Å². The topological polar surface area (TPSA) is 39.7 Å². The van der Waals surface area contributed by atoms with Crippen LogP contribution in [0.1, 0.15) is 42.0 Å². The number of anilines is 2. The Morgan fingerprint density at radius 3 is 2.33 bits per heavy atom. The summed E-state index contributed by atoms with van der Waals surface area (Å²) in [5.74, 6) is 0. The monoisotopic (exact) mass is 382 g/mol. The van der Waals surface area contributed by atoms with Gasteiger partial charge in [-0.2, -0.15) is 5.10 Å². The first-order chi connectivity index (χ1) is 12.9. The Bertz CT molecular complexity index is 773. The Morgan fingerprint density at radius 2 is 1.74 bits per heavy atom. The molecule has 0 aromatic heterocycles. The minimum absolute atomic E-state index is 0.484. The zero-order valence-corrected chi connectivity index (χ0v) is 17.8. The fourth-order valence-corrected chi connectivity index (χ4v) is 3.18. The van der Waals surface area contributed by atoms with Crippen LogP contribution in [0.4, 0.5) is 11.4 Å². The van der Waals surface area contributed by atoms with Crippen molar-refractivity contribution in [2.75, 3.05) is 23.8 Å². The van der Waals surface area contributed by atoms with Gasteiger partial charge in [0.05, 0.1) is 6.21 Å². The SMILES string of the molecule is CCCCN(C)c1ccc(C=NNC(=S)Nc2c(C)cc(C)cc2C)cc1. The minimum atomic E-state index is 0.484. The predicted octanol–water partition coefficient (Wildman–Crippen LogP) is 5.17. The Morgan fingerprint density at radius 1 is 1.11 bits per heavy atom.